The number of aromatic nitrogens is 2. The van der Waals surface area contributed by atoms with Crippen LogP contribution in [0.2, 0.25) is 0 Å². The Kier molecular flexibility index (Phi) is 4.04. The number of rotatable bonds is 4. The molecule has 1 aliphatic carbocycles. The van der Waals surface area contributed by atoms with Crippen molar-refractivity contribution in [2.75, 3.05) is 7.11 Å². The van der Waals surface area contributed by atoms with Gasteiger partial charge >= 0.3 is 0 Å². The fourth-order valence-corrected chi connectivity index (χ4v) is 4.24. The van der Waals surface area contributed by atoms with Crippen molar-refractivity contribution in [1.29, 1.82) is 0 Å². The summed E-state index contributed by atoms with van der Waals surface area (Å²) >= 11 is 1.80. The summed E-state index contributed by atoms with van der Waals surface area (Å²) in [6.45, 7) is 4.14. The molecule has 1 aliphatic rings. The summed E-state index contributed by atoms with van der Waals surface area (Å²) in [5.74, 6) is 0.821. The van der Waals surface area contributed by atoms with Crippen molar-refractivity contribution in [3.63, 3.8) is 0 Å². The smallest absolute Gasteiger partial charge is 0.162 e. The van der Waals surface area contributed by atoms with E-state index in [1.807, 2.05) is 4.68 Å². The minimum atomic E-state index is -0.571. The van der Waals surface area contributed by atoms with Crippen LogP contribution in [0.3, 0.4) is 0 Å². The van der Waals surface area contributed by atoms with E-state index >= 15 is 0 Å². The van der Waals surface area contributed by atoms with Gasteiger partial charge in [-0.2, -0.15) is 5.10 Å². The highest BCUT2D eigenvalue weighted by atomic mass is 32.1. The number of aryl methyl sites for hydroxylation is 1. The Morgan fingerprint density at radius 3 is 3.00 bits per heavy atom. The summed E-state index contributed by atoms with van der Waals surface area (Å²) in [6.07, 6.45) is 4.41. The largest absolute Gasteiger partial charge is 0.493 e. The van der Waals surface area contributed by atoms with Gasteiger partial charge < -0.3 is 9.84 Å². The number of methoxy groups -OCH3 is 1. The zero-order chi connectivity index (χ0) is 15.0. The molecular formula is C16H22N2O2S. The second-order valence-corrected chi connectivity index (χ2v) is 6.88. The zero-order valence-electron chi connectivity index (χ0n) is 12.7. The van der Waals surface area contributed by atoms with Gasteiger partial charge in [-0.25, -0.2) is 0 Å². The van der Waals surface area contributed by atoms with E-state index in [0.29, 0.717) is 5.75 Å². The van der Waals surface area contributed by atoms with Crippen LogP contribution >= 0.6 is 11.3 Å². The molecule has 3 rings (SSSR count). The molecule has 0 amide bonds. The number of hydrogen-bond donors (Lipinski definition) is 1. The van der Waals surface area contributed by atoms with E-state index in [0.717, 1.165) is 25.0 Å². The fraction of sp³-hybridized carbons (Fsp3) is 0.562. The van der Waals surface area contributed by atoms with E-state index < -0.39 is 6.10 Å². The fourth-order valence-electron chi connectivity index (χ4n) is 3.25. The molecule has 2 atom stereocenters. The molecule has 2 heterocycles. The maximum atomic E-state index is 11.0. The lowest BCUT2D eigenvalue weighted by molar-refractivity contribution is 0.121. The van der Waals surface area contributed by atoms with Crippen LogP contribution in [0, 0.1) is 0 Å². The van der Waals surface area contributed by atoms with Gasteiger partial charge in [0.1, 0.15) is 11.8 Å². The molecule has 5 heteroatoms. The van der Waals surface area contributed by atoms with Crippen LogP contribution in [-0.2, 0) is 6.42 Å². The molecule has 0 aliphatic heterocycles. The van der Waals surface area contributed by atoms with E-state index in [-0.39, 0.29) is 12.0 Å². The second kappa shape index (κ2) is 5.81. The number of aliphatic hydroxyl groups is 1. The number of fused-ring (bicyclic) bond motifs is 1. The molecule has 1 N–H and O–H groups in total. The third-order valence-corrected chi connectivity index (χ3v) is 5.26. The minimum absolute atomic E-state index is 0.142. The zero-order valence-corrected chi connectivity index (χ0v) is 13.6. The molecule has 4 nitrogen and oxygen atoms in total. The van der Waals surface area contributed by atoms with Gasteiger partial charge in [0, 0.05) is 16.8 Å². The quantitative estimate of drug-likeness (QED) is 0.937. The second-order valence-electron chi connectivity index (χ2n) is 5.88. The summed E-state index contributed by atoms with van der Waals surface area (Å²) in [4.78, 5) is 1.42. The average molecular weight is 306 g/mol. The van der Waals surface area contributed by atoms with Gasteiger partial charge in [-0.15, -0.1) is 11.3 Å². The van der Waals surface area contributed by atoms with E-state index in [4.69, 9.17) is 4.74 Å². The lowest BCUT2D eigenvalue weighted by atomic mass is 9.82. The summed E-state index contributed by atoms with van der Waals surface area (Å²) in [5, 5.41) is 17.5. The van der Waals surface area contributed by atoms with Gasteiger partial charge in [-0.3, -0.25) is 4.68 Å². The van der Waals surface area contributed by atoms with Crippen LogP contribution in [0.5, 0.6) is 5.75 Å². The van der Waals surface area contributed by atoms with Crippen LogP contribution in [0.4, 0.5) is 0 Å². The first-order chi connectivity index (χ1) is 10.1. The highest BCUT2D eigenvalue weighted by Gasteiger charge is 2.33. The molecule has 2 aromatic rings. The van der Waals surface area contributed by atoms with Crippen molar-refractivity contribution in [2.24, 2.45) is 0 Å². The van der Waals surface area contributed by atoms with Crippen LogP contribution in [-0.4, -0.2) is 22.0 Å². The topological polar surface area (TPSA) is 47.3 Å². The standard InChI is InChI=1S/C16H22N2O2S/c1-10(2)18-15(13(20-3)9-17-18)16(19)12-5-4-6-14-11(12)7-8-21-14/h7-10,12,16,19H,4-6H2,1-3H3. The molecule has 0 radical (unpaired) electrons. The van der Waals surface area contributed by atoms with E-state index in [2.05, 4.69) is 30.4 Å². The van der Waals surface area contributed by atoms with E-state index in [1.54, 1.807) is 24.6 Å². The summed E-state index contributed by atoms with van der Waals surface area (Å²) in [5.41, 5.74) is 2.11. The monoisotopic (exact) mass is 306 g/mol. The number of hydrogen-bond acceptors (Lipinski definition) is 4. The van der Waals surface area contributed by atoms with Crippen molar-refractivity contribution in [3.05, 3.63) is 33.8 Å². The van der Waals surface area contributed by atoms with Crippen molar-refractivity contribution in [3.8, 4) is 5.75 Å². The Balaban J connectivity index is 2.00. The molecule has 2 aromatic heterocycles. The molecule has 21 heavy (non-hydrogen) atoms. The molecule has 2 unspecified atom stereocenters. The molecule has 0 saturated heterocycles. The normalized spacial score (nSPS) is 19.6. The van der Waals surface area contributed by atoms with E-state index in [1.165, 1.54) is 10.4 Å². The van der Waals surface area contributed by atoms with Crippen LogP contribution in [0.25, 0.3) is 0 Å². The van der Waals surface area contributed by atoms with Crippen LogP contribution < -0.4 is 4.74 Å². The number of ether oxygens (including phenoxy) is 1. The van der Waals surface area contributed by atoms with Crippen molar-refractivity contribution in [1.82, 2.24) is 9.78 Å². The molecule has 0 saturated carbocycles. The highest BCUT2D eigenvalue weighted by molar-refractivity contribution is 7.10. The Labute approximate surface area is 129 Å². The Hall–Kier alpha value is -1.33. The first-order valence-electron chi connectivity index (χ1n) is 7.49. The molecule has 0 spiro atoms. The predicted octanol–water partition coefficient (Wildman–Crippen LogP) is 3.69. The maximum absolute atomic E-state index is 11.0. The van der Waals surface area contributed by atoms with Crippen LogP contribution in [0.1, 0.15) is 60.9 Å². The molecule has 0 bridgehead atoms. The summed E-state index contributed by atoms with van der Waals surface area (Å²) in [6, 6.07) is 2.36. The van der Waals surface area contributed by atoms with E-state index in [9.17, 15) is 5.11 Å². The summed E-state index contributed by atoms with van der Waals surface area (Å²) in [7, 11) is 1.63. The summed E-state index contributed by atoms with van der Waals surface area (Å²) < 4.78 is 7.30. The Morgan fingerprint density at radius 2 is 2.29 bits per heavy atom. The lowest BCUT2D eigenvalue weighted by Gasteiger charge is -2.28. The average Bonchev–Trinajstić information content (AvgIpc) is 3.11. The van der Waals surface area contributed by atoms with Gasteiger partial charge in [-0.05, 0) is 50.1 Å². The van der Waals surface area contributed by atoms with Gasteiger partial charge in [-0.1, -0.05) is 0 Å². The SMILES string of the molecule is COc1cnn(C(C)C)c1C(O)C1CCCc2sccc21. The van der Waals surface area contributed by atoms with Gasteiger partial charge in [0.05, 0.1) is 13.3 Å². The predicted molar refractivity (Wildman–Crippen MR) is 84.1 cm³/mol. The third kappa shape index (κ3) is 2.49. The van der Waals surface area contributed by atoms with Crippen LogP contribution in [0.15, 0.2) is 17.6 Å². The van der Waals surface area contributed by atoms with Crippen molar-refractivity contribution in [2.45, 2.75) is 51.2 Å². The van der Waals surface area contributed by atoms with Gasteiger partial charge in [0.25, 0.3) is 0 Å². The maximum Gasteiger partial charge on any atom is 0.162 e. The third-order valence-electron chi connectivity index (χ3n) is 4.27. The lowest BCUT2D eigenvalue weighted by Crippen LogP contribution is -2.20. The molecule has 0 fully saturated rings. The first-order valence-corrected chi connectivity index (χ1v) is 8.37. The number of nitrogens with zero attached hydrogens (tertiary/aromatic N) is 2. The van der Waals surface area contributed by atoms with Gasteiger partial charge in [0.15, 0.2) is 5.75 Å². The molecular weight excluding hydrogens is 284 g/mol. The first kappa shape index (κ1) is 14.6. The number of aliphatic hydroxyl groups excluding tert-OH is 1. The minimum Gasteiger partial charge on any atom is -0.493 e. The Morgan fingerprint density at radius 1 is 1.48 bits per heavy atom. The molecule has 0 aromatic carbocycles. The molecule has 114 valence electrons. The number of thiophene rings is 1. The highest BCUT2D eigenvalue weighted by Crippen LogP contribution is 2.44. The van der Waals surface area contributed by atoms with Crippen molar-refractivity contribution < 1.29 is 9.84 Å². The Bertz CT molecular complexity index is 618. The van der Waals surface area contributed by atoms with Crippen molar-refractivity contribution >= 4 is 11.3 Å². The van der Waals surface area contributed by atoms with Gasteiger partial charge in [0.2, 0.25) is 0 Å².